The highest BCUT2D eigenvalue weighted by molar-refractivity contribution is 5.96. The first-order valence-electron chi connectivity index (χ1n) is 6.82. The molecular formula is C15H11F3N4O2. The van der Waals surface area contributed by atoms with Crippen LogP contribution in [0.3, 0.4) is 0 Å². The summed E-state index contributed by atoms with van der Waals surface area (Å²) in [6.45, 7) is -1.49. The van der Waals surface area contributed by atoms with Crippen LogP contribution in [0.4, 0.5) is 13.2 Å². The highest BCUT2D eigenvalue weighted by Crippen LogP contribution is 2.31. The number of benzene rings is 1. The molecule has 1 heterocycles. The number of carbonyl (C=O) groups excluding carboxylic acids is 2. The summed E-state index contributed by atoms with van der Waals surface area (Å²) in [4.78, 5) is 24.5. The predicted molar refractivity (Wildman–Crippen MR) is 74.1 cm³/mol. The van der Waals surface area contributed by atoms with Gasteiger partial charge < -0.3 is 10.2 Å². The van der Waals surface area contributed by atoms with Gasteiger partial charge in [0.15, 0.2) is 0 Å². The summed E-state index contributed by atoms with van der Waals surface area (Å²) in [6.07, 6.45) is -0.746. The topological polar surface area (TPSA) is 97.0 Å². The van der Waals surface area contributed by atoms with Crippen molar-refractivity contribution >= 4 is 11.8 Å². The van der Waals surface area contributed by atoms with Crippen LogP contribution in [0.1, 0.15) is 22.3 Å². The van der Waals surface area contributed by atoms with Crippen LogP contribution in [0.15, 0.2) is 18.2 Å². The van der Waals surface area contributed by atoms with E-state index in [1.165, 1.54) is 6.07 Å². The lowest BCUT2D eigenvalue weighted by atomic mass is 10.1. The van der Waals surface area contributed by atoms with Gasteiger partial charge in [-0.25, -0.2) is 13.2 Å². The van der Waals surface area contributed by atoms with Gasteiger partial charge in [-0.15, -0.1) is 0 Å². The van der Waals surface area contributed by atoms with Crippen LogP contribution in [0.25, 0.3) is 0 Å². The number of hydrogen-bond acceptors (Lipinski definition) is 4. The summed E-state index contributed by atoms with van der Waals surface area (Å²) in [7, 11) is 0. The predicted octanol–water partition coefficient (Wildman–Crippen LogP) is 1.19. The Morgan fingerprint density at radius 1 is 1.38 bits per heavy atom. The van der Waals surface area contributed by atoms with Crippen LogP contribution in [0.5, 0.6) is 0 Å². The Kier molecular flexibility index (Phi) is 4.74. The highest BCUT2D eigenvalue weighted by Gasteiger charge is 2.47. The van der Waals surface area contributed by atoms with Gasteiger partial charge in [0.1, 0.15) is 17.9 Å². The molecule has 24 heavy (non-hydrogen) atoms. The molecule has 1 saturated heterocycles. The highest BCUT2D eigenvalue weighted by atomic mass is 19.3. The first kappa shape index (κ1) is 17.3. The standard InChI is InChI=1S/C15H11F3N4O2/c16-12-3-9(1-2-10(12)5-19)14(24)21-7-13(23)22-8-15(17,18)4-11(22)6-20/h1-3,11H,4,7-8H2,(H,21,24)/t11-/m0/s1. The van der Waals surface area contributed by atoms with E-state index in [9.17, 15) is 22.8 Å². The van der Waals surface area contributed by atoms with Crippen LogP contribution in [-0.2, 0) is 4.79 Å². The van der Waals surface area contributed by atoms with E-state index in [1.807, 2.05) is 0 Å². The van der Waals surface area contributed by atoms with Crippen molar-refractivity contribution in [1.82, 2.24) is 10.2 Å². The third kappa shape index (κ3) is 3.63. The average molecular weight is 336 g/mol. The van der Waals surface area contributed by atoms with Gasteiger partial charge in [0.25, 0.3) is 11.8 Å². The molecule has 0 spiro atoms. The molecule has 1 atom stereocenters. The third-order valence-electron chi connectivity index (χ3n) is 3.49. The van der Waals surface area contributed by atoms with Crippen LogP contribution >= 0.6 is 0 Å². The number of nitriles is 2. The van der Waals surface area contributed by atoms with Gasteiger partial charge >= 0.3 is 0 Å². The van der Waals surface area contributed by atoms with Crippen LogP contribution < -0.4 is 5.32 Å². The van der Waals surface area contributed by atoms with Gasteiger partial charge in [0, 0.05) is 12.0 Å². The number of hydrogen-bond donors (Lipinski definition) is 1. The number of likely N-dealkylation sites (tertiary alicyclic amines) is 1. The molecule has 1 aliphatic heterocycles. The van der Waals surface area contributed by atoms with Crippen molar-refractivity contribution < 1.29 is 22.8 Å². The maximum absolute atomic E-state index is 13.4. The minimum atomic E-state index is -3.14. The Balaban J connectivity index is 1.99. The molecule has 1 N–H and O–H groups in total. The van der Waals surface area contributed by atoms with Crippen LogP contribution in [0, 0.1) is 28.5 Å². The molecule has 6 nitrogen and oxygen atoms in total. The zero-order valence-electron chi connectivity index (χ0n) is 12.2. The smallest absolute Gasteiger partial charge is 0.268 e. The number of rotatable bonds is 3. The number of alkyl halides is 2. The van der Waals surface area contributed by atoms with Crippen molar-refractivity contribution in [3.05, 3.63) is 35.1 Å². The van der Waals surface area contributed by atoms with Gasteiger partial charge in [0.05, 0.1) is 24.7 Å². The summed E-state index contributed by atoms with van der Waals surface area (Å²) >= 11 is 0. The number of amides is 2. The second kappa shape index (κ2) is 6.59. The fourth-order valence-corrected chi connectivity index (χ4v) is 2.30. The van der Waals surface area contributed by atoms with E-state index in [0.29, 0.717) is 4.90 Å². The lowest BCUT2D eigenvalue weighted by molar-refractivity contribution is -0.131. The summed E-state index contributed by atoms with van der Waals surface area (Å²) in [5.41, 5.74) is -0.360. The van der Waals surface area contributed by atoms with E-state index in [0.717, 1.165) is 12.1 Å². The van der Waals surface area contributed by atoms with E-state index in [4.69, 9.17) is 10.5 Å². The zero-order chi connectivity index (χ0) is 17.9. The molecular weight excluding hydrogens is 325 g/mol. The fourth-order valence-electron chi connectivity index (χ4n) is 2.30. The van der Waals surface area contributed by atoms with Crippen molar-refractivity contribution in [3.8, 4) is 12.1 Å². The van der Waals surface area contributed by atoms with Crippen molar-refractivity contribution in [2.75, 3.05) is 13.1 Å². The maximum atomic E-state index is 13.4. The molecule has 0 aromatic heterocycles. The fraction of sp³-hybridized carbons (Fsp3) is 0.333. The molecule has 1 aliphatic rings. The molecule has 1 aromatic rings. The Hall–Kier alpha value is -3.07. The van der Waals surface area contributed by atoms with Crippen molar-refractivity contribution in [3.63, 3.8) is 0 Å². The second-order valence-corrected chi connectivity index (χ2v) is 5.22. The number of nitrogens with zero attached hydrogens (tertiary/aromatic N) is 3. The molecule has 1 aromatic carbocycles. The van der Waals surface area contributed by atoms with Crippen LogP contribution in [-0.4, -0.2) is 41.8 Å². The largest absolute Gasteiger partial charge is 0.343 e. The van der Waals surface area contributed by atoms with E-state index in [-0.39, 0.29) is 11.1 Å². The Morgan fingerprint density at radius 2 is 2.08 bits per heavy atom. The Labute approximate surface area is 135 Å². The van der Waals surface area contributed by atoms with E-state index in [2.05, 4.69) is 5.32 Å². The number of halogens is 3. The number of carbonyl (C=O) groups is 2. The molecule has 1 fully saturated rings. The molecule has 0 radical (unpaired) electrons. The number of nitrogens with one attached hydrogen (secondary N) is 1. The molecule has 0 unspecified atom stereocenters. The van der Waals surface area contributed by atoms with E-state index >= 15 is 0 Å². The third-order valence-corrected chi connectivity index (χ3v) is 3.49. The molecule has 0 aliphatic carbocycles. The lowest BCUT2D eigenvalue weighted by Gasteiger charge is -2.19. The summed E-state index contributed by atoms with van der Waals surface area (Å²) < 4.78 is 40.0. The summed E-state index contributed by atoms with van der Waals surface area (Å²) in [5.74, 6) is -5.66. The molecule has 124 valence electrons. The normalized spacial score (nSPS) is 18.5. The van der Waals surface area contributed by atoms with E-state index in [1.54, 1.807) is 12.1 Å². The monoisotopic (exact) mass is 336 g/mol. The molecule has 2 amide bonds. The van der Waals surface area contributed by atoms with Gasteiger partial charge in [-0.3, -0.25) is 9.59 Å². The quantitative estimate of drug-likeness (QED) is 0.896. The molecule has 9 heteroatoms. The SMILES string of the molecule is N#Cc1ccc(C(=O)NCC(=O)N2CC(F)(F)C[C@H]2C#N)cc1F. The first-order chi connectivity index (χ1) is 11.3. The van der Waals surface area contributed by atoms with Crippen LogP contribution in [0.2, 0.25) is 0 Å². The minimum Gasteiger partial charge on any atom is -0.343 e. The van der Waals surface area contributed by atoms with Gasteiger partial charge in [0.2, 0.25) is 5.91 Å². The molecule has 2 rings (SSSR count). The van der Waals surface area contributed by atoms with Crippen molar-refractivity contribution in [1.29, 1.82) is 10.5 Å². The van der Waals surface area contributed by atoms with Gasteiger partial charge in [-0.1, -0.05) is 0 Å². The van der Waals surface area contributed by atoms with Gasteiger partial charge in [-0.2, -0.15) is 10.5 Å². The Morgan fingerprint density at radius 3 is 2.67 bits per heavy atom. The molecule has 0 saturated carbocycles. The zero-order valence-corrected chi connectivity index (χ0v) is 12.2. The summed E-state index contributed by atoms with van der Waals surface area (Å²) in [6, 6.07) is 5.11. The van der Waals surface area contributed by atoms with Gasteiger partial charge in [-0.05, 0) is 18.2 Å². The Bertz CT molecular complexity index is 767. The maximum Gasteiger partial charge on any atom is 0.268 e. The average Bonchev–Trinajstić information content (AvgIpc) is 2.87. The minimum absolute atomic E-state index is 0.122. The lowest BCUT2D eigenvalue weighted by Crippen LogP contribution is -2.42. The van der Waals surface area contributed by atoms with Crippen molar-refractivity contribution in [2.24, 2.45) is 0 Å². The second-order valence-electron chi connectivity index (χ2n) is 5.22. The summed E-state index contributed by atoms with van der Waals surface area (Å²) in [5, 5.41) is 19.6. The first-order valence-corrected chi connectivity index (χ1v) is 6.82. The molecule has 0 bridgehead atoms. The van der Waals surface area contributed by atoms with E-state index < -0.39 is 49.1 Å². The van der Waals surface area contributed by atoms with Crippen molar-refractivity contribution in [2.45, 2.75) is 18.4 Å².